The lowest BCUT2D eigenvalue weighted by atomic mass is 9.73. The number of aliphatic hydroxyl groups excluding tert-OH is 1. The van der Waals surface area contributed by atoms with Gasteiger partial charge in [0.05, 0.1) is 13.2 Å². The molecule has 2 rings (SSSR count). The Labute approximate surface area is 109 Å². The molecule has 1 aromatic rings. The van der Waals surface area contributed by atoms with Crippen LogP contribution in [0.5, 0.6) is 5.88 Å². The lowest BCUT2D eigenvalue weighted by Crippen LogP contribution is -2.24. The Kier molecular flexibility index (Phi) is 4.23. The first-order valence-electron chi connectivity index (χ1n) is 6.78. The SMILES string of the molecule is COc1ccc(C(O)C2CC(C)CC(C)C2)cn1. The molecule has 100 valence electrons. The zero-order valence-electron chi connectivity index (χ0n) is 11.5. The molecule has 1 saturated carbocycles. The van der Waals surface area contributed by atoms with Crippen molar-refractivity contribution in [1.29, 1.82) is 0 Å². The molecule has 3 atom stereocenters. The number of aliphatic hydroxyl groups is 1. The van der Waals surface area contributed by atoms with Crippen LogP contribution < -0.4 is 4.74 Å². The quantitative estimate of drug-likeness (QED) is 0.894. The second-order valence-electron chi connectivity index (χ2n) is 5.76. The maximum atomic E-state index is 10.5. The van der Waals surface area contributed by atoms with Gasteiger partial charge in [0.2, 0.25) is 5.88 Å². The predicted molar refractivity (Wildman–Crippen MR) is 71.4 cm³/mol. The van der Waals surface area contributed by atoms with E-state index in [0.29, 0.717) is 23.6 Å². The number of ether oxygens (including phenoxy) is 1. The summed E-state index contributed by atoms with van der Waals surface area (Å²) in [5, 5.41) is 10.5. The van der Waals surface area contributed by atoms with Crippen LogP contribution in [0.3, 0.4) is 0 Å². The maximum Gasteiger partial charge on any atom is 0.212 e. The fraction of sp³-hybridized carbons (Fsp3) is 0.667. The van der Waals surface area contributed by atoms with E-state index in [-0.39, 0.29) is 0 Å². The van der Waals surface area contributed by atoms with Crippen LogP contribution in [-0.2, 0) is 0 Å². The van der Waals surface area contributed by atoms with Crippen molar-refractivity contribution in [3.63, 3.8) is 0 Å². The number of methoxy groups -OCH3 is 1. The molecule has 18 heavy (non-hydrogen) atoms. The summed E-state index contributed by atoms with van der Waals surface area (Å²) in [7, 11) is 1.60. The summed E-state index contributed by atoms with van der Waals surface area (Å²) in [6.07, 6.45) is 4.83. The van der Waals surface area contributed by atoms with E-state index in [1.54, 1.807) is 13.3 Å². The first-order valence-corrected chi connectivity index (χ1v) is 6.78. The topological polar surface area (TPSA) is 42.4 Å². The van der Waals surface area contributed by atoms with Crippen LogP contribution in [0.25, 0.3) is 0 Å². The Balaban J connectivity index is 2.07. The highest BCUT2D eigenvalue weighted by molar-refractivity contribution is 5.20. The van der Waals surface area contributed by atoms with E-state index in [1.807, 2.05) is 12.1 Å². The minimum atomic E-state index is -0.395. The maximum absolute atomic E-state index is 10.5. The van der Waals surface area contributed by atoms with Gasteiger partial charge in [0.1, 0.15) is 0 Å². The molecule has 1 aliphatic carbocycles. The van der Waals surface area contributed by atoms with Gasteiger partial charge in [-0.3, -0.25) is 0 Å². The van der Waals surface area contributed by atoms with Gasteiger partial charge in [-0.05, 0) is 48.6 Å². The molecular formula is C15H23NO2. The molecule has 1 heterocycles. The van der Waals surface area contributed by atoms with Crippen LogP contribution in [0.4, 0.5) is 0 Å². The second kappa shape index (κ2) is 5.70. The van der Waals surface area contributed by atoms with Gasteiger partial charge < -0.3 is 9.84 Å². The van der Waals surface area contributed by atoms with E-state index in [2.05, 4.69) is 18.8 Å². The van der Waals surface area contributed by atoms with E-state index in [4.69, 9.17) is 4.74 Å². The Morgan fingerprint density at radius 1 is 1.22 bits per heavy atom. The lowest BCUT2D eigenvalue weighted by molar-refractivity contribution is 0.0549. The van der Waals surface area contributed by atoms with Crippen LogP contribution >= 0.6 is 0 Å². The van der Waals surface area contributed by atoms with Crippen molar-refractivity contribution >= 4 is 0 Å². The van der Waals surface area contributed by atoms with Crippen LogP contribution in [0.15, 0.2) is 18.3 Å². The molecular weight excluding hydrogens is 226 g/mol. The fourth-order valence-corrected chi connectivity index (χ4v) is 3.23. The standard InChI is InChI=1S/C15H23NO2/c1-10-6-11(2)8-13(7-10)15(17)12-4-5-14(18-3)16-9-12/h4-5,9-11,13,15,17H,6-8H2,1-3H3. The van der Waals surface area contributed by atoms with E-state index >= 15 is 0 Å². The number of pyridine rings is 1. The molecule has 0 spiro atoms. The van der Waals surface area contributed by atoms with Gasteiger partial charge in [0.25, 0.3) is 0 Å². The van der Waals surface area contributed by atoms with E-state index in [1.165, 1.54) is 6.42 Å². The lowest BCUT2D eigenvalue weighted by Gasteiger charge is -2.34. The number of aromatic nitrogens is 1. The summed E-state index contributed by atoms with van der Waals surface area (Å²) in [4.78, 5) is 4.17. The molecule has 3 nitrogen and oxygen atoms in total. The van der Waals surface area contributed by atoms with E-state index in [0.717, 1.165) is 18.4 Å². The molecule has 0 aliphatic heterocycles. The molecule has 0 amide bonds. The monoisotopic (exact) mass is 249 g/mol. The third-order valence-corrected chi connectivity index (χ3v) is 3.97. The fourth-order valence-electron chi connectivity index (χ4n) is 3.23. The molecule has 3 heteroatoms. The van der Waals surface area contributed by atoms with Crippen molar-refractivity contribution in [2.75, 3.05) is 7.11 Å². The zero-order chi connectivity index (χ0) is 13.1. The van der Waals surface area contributed by atoms with Crippen molar-refractivity contribution in [2.24, 2.45) is 17.8 Å². The van der Waals surface area contributed by atoms with Gasteiger partial charge in [-0.15, -0.1) is 0 Å². The summed E-state index contributed by atoms with van der Waals surface area (Å²) in [5.74, 6) is 2.37. The van der Waals surface area contributed by atoms with Crippen molar-refractivity contribution in [3.05, 3.63) is 23.9 Å². The van der Waals surface area contributed by atoms with Crippen LogP contribution in [0.1, 0.15) is 44.8 Å². The Morgan fingerprint density at radius 3 is 2.39 bits per heavy atom. The summed E-state index contributed by atoms with van der Waals surface area (Å²) in [5.41, 5.74) is 0.905. The van der Waals surface area contributed by atoms with E-state index < -0.39 is 6.10 Å². The highest BCUT2D eigenvalue weighted by Gasteiger charge is 2.29. The second-order valence-corrected chi connectivity index (χ2v) is 5.76. The largest absolute Gasteiger partial charge is 0.481 e. The predicted octanol–water partition coefficient (Wildman–Crippen LogP) is 3.20. The molecule has 0 saturated heterocycles. The van der Waals surface area contributed by atoms with Crippen molar-refractivity contribution < 1.29 is 9.84 Å². The molecule has 0 bridgehead atoms. The summed E-state index contributed by atoms with van der Waals surface area (Å²) in [6.45, 7) is 4.56. The average Bonchev–Trinajstić information content (AvgIpc) is 2.37. The van der Waals surface area contributed by atoms with Crippen molar-refractivity contribution in [2.45, 2.75) is 39.2 Å². The molecule has 3 unspecified atom stereocenters. The third kappa shape index (κ3) is 3.02. The van der Waals surface area contributed by atoms with Gasteiger partial charge >= 0.3 is 0 Å². The molecule has 1 aromatic heterocycles. The normalized spacial score (nSPS) is 29.9. The first-order chi connectivity index (χ1) is 8.60. The summed E-state index contributed by atoms with van der Waals surface area (Å²) >= 11 is 0. The third-order valence-electron chi connectivity index (χ3n) is 3.97. The molecule has 1 aliphatic rings. The number of rotatable bonds is 3. The number of hydrogen-bond donors (Lipinski definition) is 1. The number of hydrogen-bond acceptors (Lipinski definition) is 3. The molecule has 1 N–H and O–H groups in total. The molecule has 0 aromatic carbocycles. The minimum absolute atomic E-state index is 0.360. The van der Waals surface area contributed by atoms with Crippen LogP contribution in [-0.4, -0.2) is 17.2 Å². The van der Waals surface area contributed by atoms with Gasteiger partial charge in [-0.2, -0.15) is 0 Å². The van der Waals surface area contributed by atoms with Crippen molar-refractivity contribution in [1.82, 2.24) is 4.98 Å². The average molecular weight is 249 g/mol. The summed E-state index contributed by atoms with van der Waals surface area (Å²) < 4.78 is 5.04. The highest BCUT2D eigenvalue weighted by Crippen LogP contribution is 2.39. The highest BCUT2D eigenvalue weighted by atomic mass is 16.5. The van der Waals surface area contributed by atoms with Crippen LogP contribution in [0.2, 0.25) is 0 Å². The van der Waals surface area contributed by atoms with E-state index in [9.17, 15) is 5.11 Å². The summed E-state index contributed by atoms with van der Waals surface area (Å²) in [6, 6.07) is 3.73. The first kappa shape index (κ1) is 13.3. The molecule has 0 radical (unpaired) electrons. The van der Waals surface area contributed by atoms with Gasteiger partial charge in [0.15, 0.2) is 0 Å². The number of nitrogens with zero attached hydrogens (tertiary/aromatic N) is 1. The van der Waals surface area contributed by atoms with Gasteiger partial charge in [-0.1, -0.05) is 13.8 Å². The van der Waals surface area contributed by atoms with Crippen LogP contribution in [0, 0.1) is 17.8 Å². The smallest absolute Gasteiger partial charge is 0.212 e. The Hall–Kier alpha value is -1.09. The zero-order valence-corrected chi connectivity index (χ0v) is 11.5. The van der Waals surface area contributed by atoms with Crippen molar-refractivity contribution in [3.8, 4) is 5.88 Å². The molecule has 1 fully saturated rings. The van der Waals surface area contributed by atoms with Gasteiger partial charge in [-0.25, -0.2) is 4.98 Å². The minimum Gasteiger partial charge on any atom is -0.481 e. The Bertz CT molecular complexity index is 367. The van der Waals surface area contributed by atoms with Gasteiger partial charge in [0, 0.05) is 12.3 Å². The Morgan fingerprint density at radius 2 is 1.89 bits per heavy atom.